The molecule has 1 saturated heterocycles. The van der Waals surface area contributed by atoms with Gasteiger partial charge in [-0.15, -0.1) is 0 Å². The number of carbonyl (C=O) groups excluding carboxylic acids is 1. The lowest BCUT2D eigenvalue weighted by Gasteiger charge is -2.34. The minimum Gasteiger partial charge on any atom is -0.408 e. The number of rotatable bonds is 7. The van der Waals surface area contributed by atoms with E-state index < -0.39 is 21.7 Å². The largest absolute Gasteiger partial charge is 0.419 e. The van der Waals surface area contributed by atoms with Crippen LogP contribution in [0.3, 0.4) is 0 Å². The molecule has 0 spiro atoms. The molecular weight excluding hydrogens is 446 g/mol. The summed E-state index contributed by atoms with van der Waals surface area (Å²) in [6, 6.07) is 13.8. The fourth-order valence-electron chi connectivity index (χ4n) is 4.24. The Balaban J connectivity index is 1.54. The fourth-order valence-corrected chi connectivity index (χ4v) is 5.78. The van der Waals surface area contributed by atoms with Crippen LogP contribution >= 0.6 is 0 Å². The minimum absolute atomic E-state index is 0.0222. The van der Waals surface area contributed by atoms with Gasteiger partial charge in [-0.05, 0) is 30.5 Å². The van der Waals surface area contributed by atoms with Gasteiger partial charge in [0.2, 0.25) is 15.9 Å². The molecule has 0 aliphatic carbocycles. The average molecular weight is 474 g/mol. The number of sulfonamides is 1. The van der Waals surface area contributed by atoms with Gasteiger partial charge in [0.05, 0.1) is 22.9 Å². The maximum atomic E-state index is 13.3. The van der Waals surface area contributed by atoms with E-state index in [4.69, 9.17) is 4.42 Å². The number of aromatic nitrogens is 1. The lowest BCUT2D eigenvalue weighted by molar-refractivity contribution is -0.137. The molecule has 0 radical (unpaired) electrons. The zero-order valence-corrected chi connectivity index (χ0v) is 19.2. The smallest absolute Gasteiger partial charge is 0.408 e. The van der Waals surface area contributed by atoms with Crippen molar-refractivity contribution in [1.82, 2.24) is 13.8 Å². The van der Waals surface area contributed by atoms with Crippen molar-refractivity contribution in [2.24, 2.45) is 13.0 Å². The van der Waals surface area contributed by atoms with Crippen LogP contribution in [0.4, 0.5) is 0 Å². The standard InChI is InChI=1S/C23H27N3O6S/c1-24-20-10-9-19(14-21(20)32-23(24)29)33(30,31)26-11-5-8-18(16-26)22(28)25(12-13-27)15-17-6-3-2-4-7-17/h2-4,6-7,9-10,14,18,27H,5,8,11-13,15-16H2,1H3/t18-/m1/s1. The molecule has 4 rings (SSSR count). The molecule has 0 unspecified atom stereocenters. The number of aliphatic hydroxyl groups excluding tert-OH is 1. The van der Waals surface area contributed by atoms with Gasteiger partial charge in [0.25, 0.3) is 0 Å². The van der Waals surface area contributed by atoms with Crippen LogP contribution in [0.5, 0.6) is 0 Å². The second-order valence-corrected chi connectivity index (χ2v) is 10.2. The molecule has 1 aliphatic rings. The van der Waals surface area contributed by atoms with Crippen molar-refractivity contribution in [3.63, 3.8) is 0 Å². The van der Waals surface area contributed by atoms with Gasteiger partial charge in [-0.2, -0.15) is 4.31 Å². The van der Waals surface area contributed by atoms with Gasteiger partial charge in [0.15, 0.2) is 5.58 Å². The Hall–Kier alpha value is -2.95. The maximum absolute atomic E-state index is 13.3. The molecular formula is C23H27N3O6S. The molecule has 1 fully saturated rings. The monoisotopic (exact) mass is 473 g/mol. The summed E-state index contributed by atoms with van der Waals surface area (Å²) in [7, 11) is -2.33. The van der Waals surface area contributed by atoms with Crippen LogP contribution in [0.1, 0.15) is 18.4 Å². The Morgan fingerprint density at radius 3 is 2.70 bits per heavy atom. The molecule has 176 valence electrons. The lowest BCUT2D eigenvalue weighted by Crippen LogP contribution is -2.47. The molecule has 1 aliphatic heterocycles. The van der Waals surface area contributed by atoms with Gasteiger partial charge in [-0.25, -0.2) is 13.2 Å². The molecule has 1 N–H and O–H groups in total. The van der Waals surface area contributed by atoms with Crippen LogP contribution in [-0.2, 0) is 28.4 Å². The van der Waals surface area contributed by atoms with Crippen molar-refractivity contribution in [3.8, 4) is 0 Å². The first-order chi connectivity index (χ1) is 15.8. The van der Waals surface area contributed by atoms with Crippen LogP contribution in [0.15, 0.2) is 62.6 Å². The van der Waals surface area contributed by atoms with Crippen molar-refractivity contribution in [2.45, 2.75) is 24.3 Å². The second kappa shape index (κ2) is 9.50. The number of aryl methyl sites for hydroxylation is 1. The Bertz CT molecular complexity index is 1300. The van der Waals surface area contributed by atoms with Crippen molar-refractivity contribution in [2.75, 3.05) is 26.2 Å². The molecule has 0 bridgehead atoms. The van der Waals surface area contributed by atoms with Gasteiger partial charge < -0.3 is 14.4 Å². The van der Waals surface area contributed by atoms with E-state index in [1.165, 1.54) is 21.0 Å². The molecule has 1 aromatic heterocycles. The van der Waals surface area contributed by atoms with E-state index in [1.54, 1.807) is 18.0 Å². The third kappa shape index (κ3) is 4.73. The summed E-state index contributed by atoms with van der Waals surface area (Å²) in [6.07, 6.45) is 1.13. The van der Waals surface area contributed by atoms with Crippen molar-refractivity contribution in [1.29, 1.82) is 0 Å². The summed E-state index contributed by atoms with van der Waals surface area (Å²) in [5.41, 5.74) is 1.65. The highest BCUT2D eigenvalue weighted by Crippen LogP contribution is 2.27. The predicted octanol–water partition coefficient (Wildman–Crippen LogP) is 1.55. The highest BCUT2D eigenvalue weighted by atomic mass is 32.2. The highest BCUT2D eigenvalue weighted by molar-refractivity contribution is 7.89. The van der Waals surface area contributed by atoms with E-state index in [9.17, 15) is 23.1 Å². The SMILES string of the molecule is Cn1c(=O)oc2cc(S(=O)(=O)N3CCC[C@@H](C(=O)N(CCO)Cc4ccccc4)C3)ccc21. The zero-order valence-electron chi connectivity index (χ0n) is 18.4. The van der Waals surface area contributed by atoms with Crippen LogP contribution < -0.4 is 5.76 Å². The number of piperidine rings is 1. The highest BCUT2D eigenvalue weighted by Gasteiger charge is 2.35. The van der Waals surface area contributed by atoms with Crippen LogP contribution in [0.2, 0.25) is 0 Å². The quantitative estimate of drug-likeness (QED) is 0.557. The van der Waals surface area contributed by atoms with Crippen molar-refractivity contribution in [3.05, 3.63) is 64.6 Å². The third-order valence-corrected chi connectivity index (χ3v) is 7.89. The Morgan fingerprint density at radius 1 is 1.21 bits per heavy atom. The molecule has 1 amide bonds. The number of carbonyl (C=O) groups is 1. The van der Waals surface area contributed by atoms with Gasteiger partial charge in [0.1, 0.15) is 0 Å². The first-order valence-corrected chi connectivity index (χ1v) is 12.3. The van der Waals surface area contributed by atoms with E-state index in [1.807, 2.05) is 30.3 Å². The molecule has 2 heterocycles. The average Bonchev–Trinajstić information content (AvgIpc) is 3.12. The lowest BCUT2D eigenvalue weighted by atomic mass is 9.97. The summed E-state index contributed by atoms with van der Waals surface area (Å²) >= 11 is 0. The number of benzene rings is 2. The van der Waals surface area contributed by atoms with E-state index in [-0.39, 0.29) is 36.1 Å². The number of hydrogen-bond acceptors (Lipinski definition) is 6. The Labute approximate surface area is 191 Å². The summed E-state index contributed by atoms with van der Waals surface area (Å²) in [4.78, 5) is 26.6. The Kier molecular flexibility index (Phi) is 6.68. The summed E-state index contributed by atoms with van der Waals surface area (Å²) in [5, 5.41) is 9.47. The zero-order chi connectivity index (χ0) is 23.6. The van der Waals surface area contributed by atoms with E-state index in [0.29, 0.717) is 31.4 Å². The minimum atomic E-state index is -3.88. The molecule has 9 nitrogen and oxygen atoms in total. The molecule has 10 heteroatoms. The van der Waals surface area contributed by atoms with E-state index >= 15 is 0 Å². The second-order valence-electron chi connectivity index (χ2n) is 8.23. The Morgan fingerprint density at radius 2 is 1.97 bits per heavy atom. The summed E-state index contributed by atoms with van der Waals surface area (Å²) in [6.45, 7) is 0.736. The number of aliphatic hydroxyl groups is 1. The predicted molar refractivity (Wildman–Crippen MR) is 122 cm³/mol. The van der Waals surface area contributed by atoms with Crippen LogP contribution in [0, 0.1) is 5.92 Å². The molecule has 3 aromatic rings. The van der Waals surface area contributed by atoms with Crippen molar-refractivity contribution < 1.29 is 22.7 Å². The van der Waals surface area contributed by atoms with Gasteiger partial charge in [-0.3, -0.25) is 9.36 Å². The van der Waals surface area contributed by atoms with E-state index in [0.717, 1.165) is 5.56 Å². The number of nitrogens with zero attached hydrogens (tertiary/aromatic N) is 3. The first-order valence-electron chi connectivity index (χ1n) is 10.8. The number of oxazole rings is 1. The third-order valence-electron chi connectivity index (χ3n) is 6.03. The molecule has 2 aromatic carbocycles. The number of fused-ring (bicyclic) bond motifs is 1. The molecule has 1 atom stereocenters. The number of hydrogen-bond donors (Lipinski definition) is 1. The molecule has 33 heavy (non-hydrogen) atoms. The summed E-state index contributed by atoms with van der Waals surface area (Å²) < 4.78 is 34.4. The number of amides is 1. The van der Waals surface area contributed by atoms with E-state index in [2.05, 4.69) is 0 Å². The van der Waals surface area contributed by atoms with Gasteiger partial charge >= 0.3 is 5.76 Å². The topological polar surface area (TPSA) is 113 Å². The maximum Gasteiger partial charge on any atom is 0.419 e. The summed E-state index contributed by atoms with van der Waals surface area (Å²) in [5.74, 6) is -1.23. The normalized spacial score (nSPS) is 17.3. The molecule has 0 saturated carbocycles. The van der Waals surface area contributed by atoms with Crippen LogP contribution in [-0.4, -0.2) is 59.4 Å². The fraction of sp³-hybridized carbons (Fsp3) is 0.391. The van der Waals surface area contributed by atoms with Gasteiger partial charge in [-0.1, -0.05) is 30.3 Å². The van der Waals surface area contributed by atoms with Gasteiger partial charge in [0, 0.05) is 39.3 Å². The first kappa shape index (κ1) is 23.2. The van der Waals surface area contributed by atoms with Crippen molar-refractivity contribution >= 4 is 27.0 Å². The van der Waals surface area contributed by atoms with Crippen LogP contribution in [0.25, 0.3) is 11.1 Å².